The van der Waals surface area contributed by atoms with Gasteiger partial charge in [0.05, 0.1) is 22.3 Å². The van der Waals surface area contributed by atoms with Gasteiger partial charge in [0.25, 0.3) is 11.8 Å². The highest BCUT2D eigenvalue weighted by Crippen LogP contribution is 2.38. The van der Waals surface area contributed by atoms with Crippen molar-refractivity contribution in [2.24, 2.45) is 0 Å². The van der Waals surface area contributed by atoms with E-state index in [9.17, 15) is 9.59 Å². The summed E-state index contributed by atoms with van der Waals surface area (Å²) in [4.78, 5) is 23.5. The van der Waals surface area contributed by atoms with Crippen LogP contribution in [0.25, 0.3) is 6.08 Å². The van der Waals surface area contributed by atoms with Crippen molar-refractivity contribution in [1.82, 2.24) is 10.6 Å². The zero-order chi connectivity index (χ0) is 18.4. The van der Waals surface area contributed by atoms with Crippen LogP contribution in [-0.4, -0.2) is 43.7 Å². The molecular formula is C18H23BN2O4. The number of nitrogens with one attached hydrogen (secondary N) is 2. The molecule has 6 nitrogen and oxygen atoms in total. The number of benzene rings is 1. The van der Waals surface area contributed by atoms with Crippen LogP contribution in [0.1, 0.15) is 54.0 Å². The van der Waals surface area contributed by atoms with Gasteiger partial charge in [-0.25, -0.2) is 0 Å². The maximum atomic E-state index is 11.9. The summed E-state index contributed by atoms with van der Waals surface area (Å²) in [5, 5.41) is 5.43. The highest BCUT2D eigenvalue weighted by atomic mass is 16.7. The van der Waals surface area contributed by atoms with E-state index in [1.807, 2.05) is 46.9 Å². The minimum absolute atomic E-state index is 0.350. The van der Waals surface area contributed by atoms with Crippen molar-refractivity contribution in [2.75, 3.05) is 13.6 Å². The molecule has 0 unspecified atom stereocenters. The number of hydrogen-bond acceptors (Lipinski definition) is 5. The molecule has 0 bridgehead atoms. The van der Waals surface area contributed by atoms with Gasteiger partial charge in [-0.3, -0.25) is 14.9 Å². The topological polar surface area (TPSA) is 76.7 Å². The first-order chi connectivity index (χ1) is 11.6. The Labute approximate surface area is 148 Å². The molecule has 0 atom stereocenters. The average molecular weight is 342 g/mol. The number of rotatable bonds is 4. The molecule has 1 aromatic carbocycles. The van der Waals surface area contributed by atoms with Crippen LogP contribution in [0.15, 0.2) is 23.7 Å². The summed E-state index contributed by atoms with van der Waals surface area (Å²) < 4.78 is 12.2. The predicted molar refractivity (Wildman–Crippen MR) is 96.2 cm³/mol. The second-order valence-electron chi connectivity index (χ2n) is 7.43. The first-order valence-electron chi connectivity index (χ1n) is 8.35. The Bertz CT molecular complexity index is 754. The molecule has 0 radical (unpaired) electrons. The summed E-state index contributed by atoms with van der Waals surface area (Å²) in [5.41, 5.74) is 1.71. The molecule has 7 heteroatoms. The van der Waals surface area contributed by atoms with Crippen LogP contribution in [0.5, 0.6) is 0 Å². The molecule has 1 fully saturated rings. The van der Waals surface area contributed by atoms with E-state index in [2.05, 4.69) is 10.6 Å². The Hall–Kier alpha value is -1.96. The number of hydrogen-bond donors (Lipinski definition) is 2. The summed E-state index contributed by atoms with van der Waals surface area (Å²) in [5.74, 6) is -0.710. The fourth-order valence-electron chi connectivity index (χ4n) is 2.89. The molecule has 1 saturated heterocycles. The largest absolute Gasteiger partial charge is 0.491 e. The summed E-state index contributed by atoms with van der Waals surface area (Å²) in [7, 11) is 1.38. The normalized spacial score (nSPS) is 21.5. The van der Waals surface area contributed by atoms with Gasteiger partial charge >= 0.3 is 7.12 Å². The van der Waals surface area contributed by atoms with E-state index in [0.717, 1.165) is 11.0 Å². The zero-order valence-corrected chi connectivity index (χ0v) is 15.2. The van der Waals surface area contributed by atoms with Crippen LogP contribution in [0.2, 0.25) is 0 Å². The number of amides is 2. The molecule has 2 N–H and O–H groups in total. The summed E-state index contributed by atoms with van der Waals surface area (Å²) in [6, 6.07) is 5.21. The van der Waals surface area contributed by atoms with Crippen LogP contribution in [0, 0.1) is 0 Å². The van der Waals surface area contributed by atoms with Crippen molar-refractivity contribution in [2.45, 2.75) is 38.9 Å². The van der Waals surface area contributed by atoms with E-state index < -0.39 is 18.3 Å². The van der Waals surface area contributed by atoms with Crippen LogP contribution >= 0.6 is 0 Å². The molecule has 2 aliphatic heterocycles. The molecule has 132 valence electrons. The van der Waals surface area contributed by atoms with Crippen molar-refractivity contribution >= 4 is 25.0 Å². The fraction of sp³-hybridized carbons (Fsp3) is 0.444. The van der Waals surface area contributed by atoms with Gasteiger partial charge < -0.3 is 14.6 Å². The molecule has 0 spiro atoms. The van der Waals surface area contributed by atoms with Crippen molar-refractivity contribution in [3.63, 3.8) is 0 Å². The van der Waals surface area contributed by atoms with E-state index in [1.54, 1.807) is 12.1 Å². The van der Waals surface area contributed by atoms with E-state index in [1.165, 1.54) is 0 Å². The summed E-state index contributed by atoms with van der Waals surface area (Å²) in [6.45, 7) is 8.62. The van der Waals surface area contributed by atoms with Gasteiger partial charge in [-0.05, 0) is 57.9 Å². The van der Waals surface area contributed by atoms with Crippen LogP contribution < -0.4 is 10.6 Å². The zero-order valence-electron chi connectivity index (χ0n) is 15.2. The van der Waals surface area contributed by atoms with E-state index in [4.69, 9.17) is 9.31 Å². The average Bonchev–Trinajstić information content (AvgIpc) is 2.91. The molecule has 0 aliphatic carbocycles. The van der Waals surface area contributed by atoms with Crippen molar-refractivity contribution in [1.29, 1.82) is 0 Å². The Morgan fingerprint density at radius 1 is 1.12 bits per heavy atom. The summed E-state index contributed by atoms with van der Waals surface area (Å²) in [6.07, 6.45) is 1.94. The quantitative estimate of drug-likeness (QED) is 0.645. The maximum Gasteiger partial charge on any atom is 0.491 e. The van der Waals surface area contributed by atoms with Crippen molar-refractivity contribution < 1.29 is 18.9 Å². The lowest BCUT2D eigenvalue weighted by molar-refractivity contribution is 0.00578. The Morgan fingerprint density at radius 2 is 1.72 bits per heavy atom. The summed E-state index contributed by atoms with van der Waals surface area (Å²) >= 11 is 0. The minimum atomic E-state index is -0.471. The minimum Gasteiger partial charge on any atom is -0.400 e. The number of carbonyl (C=O) groups excluding carboxylic acids is 2. The van der Waals surface area contributed by atoms with Crippen LogP contribution in [-0.2, 0) is 9.31 Å². The lowest BCUT2D eigenvalue weighted by Gasteiger charge is -2.32. The lowest BCUT2D eigenvalue weighted by Crippen LogP contribution is -2.41. The van der Waals surface area contributed by atoms with Crippen molar-refractivity contribution in [3.05, 3.63) is 40.4 Å². The molecular weight excluding hydrogens is 319 g/mol. The van der Waals surface area contributed by atoms with E-state index >= 15 is 0 Å². The number of imide groups is 1. The van der Waals surface area contributed by atoms with Gasteiger partial charge in [0.2, 0.25) is 0 Å². The maximum absolute atomic E-state index is 11.9. The highest BCUT2D eigenvalue weighted by Gasteiger charge is 2.52. The molecule has 1 aromatic rings. The molecule has 0 aromatic heterocycles. The monoisotopic (exact) mass is 342 g/mol. The van der Waals surface area contributed by atoms with E-state index in [0.29, 0.717) is 17.7 Å². The van der Waals surface area contributed by atoms with Crippen molar-refractivity contribution in [3.8, 4) is 0 Å². The Balaban J connectivity index is 1.93. The standard InChI is InChI=1S/C18H23BN2O4/c1-17(2)18(3,4)25-19(24-17)12(10-20-5)8-11-6-7-13-14(9-11)16(23)21-15(13)22/h6-9,20H,10H2,1-5H3,(H,21,22,23). The van der Waals surface area contributed by atoms with Gasteiger partial charge in [0.1, 0.15) is 0 Å². The Kier molecular flexibility index (Phi) is 4.35. The molecule has 0 saturated carbocycles. The molecule has 2 amide bonds. The molecule has 25 heavy (non-hydrogen) atoms. The lowest BCUT2D eigenvalue weighted by atomic mass is 9.77. The van der Waals surface area contributed by atoms with Gasteiger partial charge in [0.15, 0.2) is 0 Å². The molecule has 2 heterocycles. The molecule has 3 rings (SSSR count). The third kappa shape index (κ3) is 3.15. The fourth-order valence-corrected chi connectivity index (χ4v) is 2.89. The second-order valence-corrected chi connectivity index (χ2v) is 7.43. The highest BCUT2D eigenvalue weighted by molar-refractivity contribution is 6.56. The van der Waals surface area contributed by atoms with Gasteiger partial charge in [-0.2, -0.15) is 0 Å². The first-order valence-corrected chi connectivity index (χ1v) is 8.35. The predicted octanol–water partition coefficient (Wildman–Crippen LogP) is 1.80. The third-order valence-corrected chi connectivity index (χ3v) is 5.05. The van der Waals surface area contributed by atoms with Gasteiger partial charge in [-0.1, -0.05) is 12.1 Å². The first kappa shape index (κ1) is 17.9. The number of carbonyl (C=O) groups is 2. The number of likely N-dealkylation sites (N-methyl/N-ethyl adjacent to an activating group) is 1. The SMILES string of the molecule is CNCC(=Cc1ccc2c(c1)C(=O)NC2=O)B1OC(C)(C)C(C)(C)O1. The van der Waals surface area contributed by atoms with E-state index in [-0.39, 0.29) is 11.8 Å². The number of fused-ring (bicyclic) bond motifs is 1. The Morgan fingerprint density at radius 3 is 2.32 bits per heavy atom. The van der Waals surface area contributed by atoms with Gasteiger partial charge in [-0.15, -0.1) is 0 Å². The van der Waals surface area contributed by atoms with Crippen LogP contribution in [0.3, 0.4) is 0 Å². The molecule has 2 aliphatic rings. The van der Waals surface area contributed by atoms with Gasteiger partial charge in [0, 0.05) is 6.54 Å². The third-order valence-electron chi connectivity index (χ3n) is 5.05. The smallest absolute Gasteiger partial charge is 0.400 e. The van der Waals surface area contributed by atoms with Crippen LogP contribution in [0.4, 0.5) is 0 Å². The second kappa shape index (κ2) is 6.09.